The molecule has 2 atom stereocenters. The van der Waals surface area contributed by atoms with Gasteiger partial charge in [-0.3, -0.25) is 4.79 Å². The van der Waals surface area contributed by atoms with Crippen molar-refractivity contribution in [2.75, 3.05) is 13.7 Å². The molecule has 0 radical (unpaired) electrons. The highest BCUT2D eigenvalue weighted by atomic mass is 16.5. The van der Waals surface area contributed by atoms with E-state index in [1.165, 1.54) is 5.56 Å². The molecule has 1 amide bonds. The second kappa shape index (κ2) is 8.34. The van der Waals surface area contributed by atoms with Crippen molar-refractivity contribution in [1.29, 1.82) is 0 Å². The zero-order chi connectivity index (χ0) is 16.7. The van der Waals surface area contributed by atoms with Crippen LogP contribution in [0.3, 0.4) is 0 Å². The van der Waals surface area contributed by atoms with Crippen LogP contribution in [0.2, 0.25) is 0 Å². The van der Waals surface area contributed by atoms with Crippen LogP contribution >= 0.6 is 0 Å². The Hall–Kier alpha value is -2.33. The Kier molecular flexibility index (Phi) is 6.18. The van der Waals surface area contributed by atoms with Crippen LogP contribution in [0, 0.1) is 5.92 Å². The van der Waals surface area contributed by atoms with Gasteiger partial charge in [-0.25, -0.2) is 0 Å². The van der Waals surface area contributed by atoms with Gasteiger partial charge in [-0.1, -0.05) is 49.4 Å². The van der Waals surface area contributed by atoms with Crippen LogP contribution in [0.4, 0.5) is 0 Å². The van der Waals surface area contributed by atoms with Crippen LogP contribution in [0.25, 0.3) is 0 Å². The van der Waals surface area contributed by atoms with Gasteiger partial charge in [0.25, 0.3) is 5.91 Å². The maximum Gasteiger partial charge on any atom is 0.253 e. The first-order valence-electron chi connectivity index (χ1n) is 7.74. The Morgan fingerprint density at radius 1 is 1.13 bits per heavy atom. The van der Waals surface area contributed by atoms with E-state index in [4.69, 9.17) is 4.74 Å². The third-order valence-corrected chi connectivity index (χ3v) is 3.73. The first-order valence-corrected chi connectivity index (χ1v) is 7.74. The number of aliphatic hydroxyl groups excluding tert-OH is 1. The molecule has 2 aromatic carbocycles. The summed E-state index contributed by atoms with van der Waals surface area (Å²) in [5.74, 6) is 0.744. The van der Waals surface area contributed by atoms with Crippen molar-refractivity contribution in [3.05, 3.63) is 65.7 Å². The molecule has 2 N–H and O–H groups in total. The molecule has 122 valence electrons. The van der Waals surface area contributed by atoms with E-state index >= 15 is 0 Å². The highest BCUT2D eigenvalue weighted by molar-refractivity contribution is 5.81. The molecule has 2 rings (SSSR count). The first-order chi connectivity index (χ1) is 11.1. The predicted octanol–water partition coefficient (Wildman–Crippen LogP) is 2.72. The van der Waals surface area contributed by atoms with Crippen molar-refractivity contribution in [2.24, 2.45) is 5.92 Å². The van der Waals surface area contributed by atoms with Crippen molar-refractivity contribution in [3.63, 3.8) is 0 Å². The van der Waals surface area contributed by atoms with Crippen molar-refractivity contribution < 1.29 is 14.6 Å². The normalized spacial score (nSPS) is 13.2. The third-order valence-electron chi connectivity index (χ3n) is 3.73. The number of benzene rings is 2. The lowest BCUT2D eigenvalue weighted by atomic mass is 10.0. The number of rotatable bonds is 7. The molecule has 2 aromatic rings. The minimum Gasteiger partial charge on any atom is -0.497 e. The lowest BCUT2D eigenvalue weighted by Crippen LogP contribution is -2.33. The molecule has 0 aliphatic carbocycles. The summed E-state index contributed by atoms with van der Waals surface area (Å²) >= 11 is 0. The van der Waals surface area contributed by atoms with Gasteiger partial charge in [0.1, 0.15) is 5.75 Å². The SMILES string of the molecule is COc1ccc(CC(C)CNC(=O)C(O)c2ccccc2)cc1. The summed E-state index contributed by atoms with van der Waals surface area (Å²) < 4.78 is 5.14. The Balaban J connectivity index is 1.81. The van der Waals surface area contributed by atoms with Crippen molar-refractivity contribution in [1.82, 2.24) is 5.32 Å². The van der Waals surface area contributed by atoms with E-state index < -0.39 is 6.10 Å². The Labute approximate surface area is 137 Å². The van der Waals surface area contributed by atoms with E-state index in [-0.39, 0.29) is 11.8 Å². The zero-order valence-electron chi connectivity index (χ0n) is 13.5. The Morgan fingerprint density at radius 3 is 2.39 bits per heavy atom. The molecule has 2 unspecified atom stereocenters. The molecule has 0 aliphatic heterocycles. The smallest absolute Gasteiger partial charge is 0.253 e. The second-order valence-electron chi connectivity index (χ2n) is 5.72. The van der Waals surface area contributed by atoms with Gasteiger partial charge in [0.15, 0.2) is 6.10 Å². The maximum atomic E-state index is 12.0. The molecule has 0 bridgehead atoms. The molecule has 0 spiro atoms. The first kappa shape index (κ1) is 17.0. The number of hydrogen-bond acceptors (Lipinski definition) is 3. The van der Waals surface area contributed by atoms with Gasteiger partial charge in [-0.05, 0) is 35.6 Å². The van der Waals surface area contributed by atoms with Crippen LogP contribution in [-0.4, -0.2) is 24.7 Å². The Bertz CT molecular complexity index is 610. The van der Waals surface area contributed by atoms with Crippen LogP contribution in [0.1, 0.15) is 24.2 Å². The monoisotopic (exact) mass is 313 g/mol. The van der Waals surface area contributed by atoms with Crippen molar-refractivity contribution in [2.45, 2.75) is 19.4 Å². The summed E-state index contributed by atoms with van der Waals surface area (Å²) in [6.45, 7) is 2.59. The average molecular weight is 313 g/mol. The number of ether oxygens (including phenoxy) is 1. The fourth-order valence-electron chi connectivity index (χ4n) is 2.39. The maximum absolute atomic E-state index is 12.0. The molecular formula is C19H23NO3. The van der Waals surface area contributed by atoms with Gasteiger partial charge >= 0.3 is 0 Å². The lowest BCUT2D eigenvalue weighted by molar-refractivity contribution is -0.129. The van der Waals surface area contributed by atoms with Crippen molar-refractivity contribution in [3.8, 4) is 5.75 Å². The van der Waals surface area contributed by atoms with Gasteiger partial charge in [0.2, 0.25) is 0 Å². The van der Waals surface area contributed by atoms with E-state index in [0.29, 0.717) is 12.1 Å². The molecular weight excluding hydrogens is 290 g/mol. The fraction of sp³-hybridized carbons (Fsp3) is 0.316. The largest absolute Gasteiger partial charge is 0.497 e. The molecule has 0 saturated heterocycles. The van der Waals surface area contributed by atoms with Gasteiger partial charge in [-0.15, -0.1) is 0 Å². The number of amides is 1. The predicted molar refractivity (Wildman–Crippen MR) is 90.3 cm³/mol. The summed E-state index contributed by atoms with van der Waals surface area (Å²) in [4.78, 5) is 12.0. The topological polar surface area (TPSA) is 58.6 Å². The second-order valence-corrected chi connectivity index (χ2v) is 5.72. The highest BCUT2D eigenvalue weighted by Crippen LogP contribution is 2.15. The molecule has 4 heteroatoms. The highest BCUT2D eigenvalue weighted by Gasteiger charge is 2.17. The summed E-state index contributed by atoms with van der Waals surface area (Å²) in [5, 5.41) is 12.8. The van der Waals surface area contributed by atoms with Gasteiger partial charge in [0, 0.05) is 6.54 Å². The van der Waals surface area contributed by atoms with Crippen molar-refractivity contribution >= 4 is 5.91 Å². The molecule has 0 heterocycles. The average Bonchev–Trinajstić information content (AvgIpc) is 2.60. The molecule has 4 nitrogen and oxygen atoms in total. The Morgan fingerprint density at radius 2 is 1.78 bits per heavy atom. The third kappa shape index (κ3) is 5.11. The number of methoxy groups -OCH3 is 1. The van der Waals surface area contributed by atoms with E-state index in [0.717, 1.165) is 12.2 Å². The van der Waals surface area contributed by atoms with E-state index in [9.17, 15) is 9.90 Å². The summed E-state index contributed by atoms with van der Waals surface area (Å²) in [6, 6.07) is 16.9. The zero-order valence-corrected chi connectivity index (χ0v) is 13.5. The van der Waals surface area contributed by atoms with Gasteiger partial charge in [0.05, 0.1) is 7.11 Å². The minimum atomic E-state index is -1.12. The molecule has 0 aliphatic rings. The van der Waals surface area contributed by atoms with Crippen LogP contribution in [-0.2, 0) is 11.2 Å². The standard InChI is InChI=1S/C19H23NO3/c1-14(12-15-8-10-17(23-2)11-9-15)13-20-19(22)18(21)16-6-4-3-5-7-16/h3-11,14,18,21H,12-13H2,1-2H3,(H,20,22). The van der Waals surface area contributed by atoms with Crippen LogP contribution in [0.5, 0.6) is 5.75 Å². The number of carbonyl (C=O) groups excluding carboxylic acids is 1. The quantitative estimate of drug-likeness (QED) is 0.826. The number of aliphatic hydroxyl groups is 1. The molecule has 0 saturated carbocycles. The number of nitrogens with one attached hydrogen (secondary N) is 1. The summed E-state index contributed by atoms with van der Waals surface area (Å²) in [6.07, 6.45) is -0.268. The fourth-order valence-corrected chi connectivity index (χ4v) is 2.39. The molecule has 23 heavy (non-hydrogen) atoms. The van der Waals surface area contributed by atoms with Gasteiger partial charge in [-0.2, -0.15) is 0 Å². The van der Waals surface area contributed by atoms with E-state index in [1.807, 2.05) is 30.3 Å². The number of hydrogen-bond donors (Lipinski definition) is 2. The molecule has 0 fully saturated rings. The lowest BCUT2D eigenvalue weighted by Gasteiger charge is -2.16. The van der Waals surface area contributed by atoms with E-state index in [1.54, 1.807) is 31.4 Å². The van der Waals surface area contributed by atoms with Crippen LogP contribution < -0.4 is 10.1 Å². The van der Waals surface area contributed by atoms with Crippen LogP contribution in [0.15, 0.2) is 54.6 Å². The molecule has 0 aromatic heterocycles. The summed E-state index contributed by atoms with van der Waals surface area (Å²) in [7, 11) is 1.64. The summed E-state index contributed by atoms with van der Waals surface area (Å²) in [5.41, 5.74) is 1.80. The van der Waals surface area contributed by atoms with Gasteiger partial charge < -0.3 is 15.2 Å². The van der Waals surface area contributed by atoms with E-state index in [2.05, 4.69) is 12.2 Å². The number of carbonyl (C=O) groups is 1. The minimum absolute atomic E-state index is 0.273.